The predicted molar refractivity (Wildman–Crippen MR) is 103 cm³/mol. The molecule has 0 bridgehead atoms. The molecule has 0 fully saturated rings. The summed E-state index contributed by atoms with van der Waals surface area (Å²) in [5.74, 6) is -0.376. The van der Waals surface area contributed by atoms with E-state index in [4.69, 9.17) is 4.74 Å². The van der Waals surface area contributed by atoms with Crippen molar-refractivity contribution in [3.05, 3.63) is 75.2 Å². The third kappa shape index (κ3) is 3.62. The first-order valence-electron chi connectivity index (χ1n) is 8.41. The summed E-state index contributed by atoms with van der Waals surface area (Å²) in [5, 5.41) is 9.26. The van der Waals surface area contributed by atoms with Gasteiger partial charge in [0.25, 0.3) is 5.56 Å². The molecule has 7 nitrogen and oxygen atoms in total. The van der Waals surface area contributed by atoms with E-state index in [0.717, 1.165) is 24.3 Å². The highest BCUT2D eigenvalue weighted by Gasteiger charge is 2.18. The summed E-state index contributed by atoms with van der Waals surface area (Å²) in [6, 6.07) is 12.5. The van der Waals surface area contributed by atoms with E-state index in [1.54, 1.807) is 30.5 Å². The monoisotopic (exact) mass is 375 g/mol. The highest BCUT2D eigenvalue weighted by Crippen LogP contribution is 2.25. The smallest absolute Gasteiger partial charge is 0.348 e. The topological polar surface area (TPSA) is 93.7 Å². The molecule has 0 N–H and O–H groups in total. The molecule has 0 amide bonds. The molecular formula is C21H17N3O4. The predicted octanol–water partition coefficient (Wildman–Crippen LogP) is 3.18. The number of esters is 1. The van der Waals surface area contributed by atoms with Gasteiger partial charge in [0, 0.05) is 6.20 Å². The zero-order valence-corrected chi connectivity index (χ0v) is 15.6. The van der Waals surface area contributed by atoms with E-state index in [1.165, 1.54) is 4.40 Å². The van der Waals surface area contributed by atoms with Gasteiger partial charge in [-0.05, 0) is 43.7 Å². The molecule has 28 heavy (non-hydrogen) atoms. The summed E-state index contributed by atoms with van der Waals surface area (Å²) in [5.41, 5.74) is 1.42. The molecule has 0 saturated carbocycles. The minimum absolute atomic E-state index is 0.000180. The Morgan fingerprint density at radius 2 is 1.93 bits per heavy atom. The molecule has 140 valence electrons. The number of aromatic nitrogens is 2. The second kappa shape index (κ2) is 7.76. The maximum Gasteiger partial charge on any atom is 0.348 e. The molecule has 0 aliphatic carbocycles. The van der Waals surface area contributed by atoms with Crippen molar-refractivity contribution in [2.45, 2.75) is 13.8 Å². The average Bonchev–Trinajstić information content (AvgIpc) is 2.70. The number of benzene rings is 1. The van der Waals surface area contributed by atoms with Crippen molar-refractivity contribution in [3.8, 4) is 17.7 Å². The van der Waals surface area contributed by atoms with Crippen molar-refractivity contribution in [3.63, 3.8) is 0 Å². The maximum absolute atomic E-state index is 13.0. The zero-order chi connectivity index (χ0) is 20.3. The number of pyridine rings is 1. The van der Waals surface area contributed by atoms with Gasteiger partial charge in [0.15, 0.2) is 0 Å². The molecule has 0 aliphatic rings. The van der Waals surface area contributed by atoms with E-state index in [9.17, 15) is 14.9 Å². The first kappa shape index (κ1) is 18.9. The van der Waals surface area contributed by atoms with Crippen molar-refractivity contribution in [1.29, 1.82) is 5.26 Å². The lowest BCUT2D eigenvalue weighted by molar-refractivity contribution is -0.135. The molecule has 3 aromatic rings. The quantitative estimate of drug-likeness (QED) is 0.395. The molecule has 1 aromatic carbocycles. The Kier molecular flexibility index (Phi) is 5.23. The number of nitriles is 1. The van der Waals surface area contributed by atoms with Crippen LogP contribution >= 0.6 is 0 Å². The lowest BCUT2D eigenvalue weighted by Crippen LogP contribution is -2.20. The Morgan fingerprint density at radius 1 is 1.21 bits per heavy atom. The first-order chi connectivity index (χ1) is 13.4. The van der Waals surface area contributed by atoms with Gasteiger partial charge in [-0.1, -0.05) is 23.8 Å². The Morgan fingerprint density at radius 3 is 2.57 bits per heavy atom. The number of nitrogens with zero attached hydrogens (tertiary/aromatic N) is 3. The number of carbonyl (C=O) groups is 1. The molecule has 7 heteroatoms. The van der Waals surface area contributed by atoms with Crippen molar-refractivity contribution < 1.29 is 14.3 Å². The Labute approximate surface area is 161 Å². The van der Waals surface area contributed by atoms with E-state index in [2.05, 4.69) is 9.72 Å². The van der Waals surface area contributed by atoms with E-state index < -0.39 is 11.5 Å². The minimum Gasteiger partial charge on any atom is -0.465 e. The maximum atomic E-state index is 13.0. The van der Waals surface area contributed by atoms with E-state index in [1.807, 2.05) is 32.0 Å². The molecule has 0 aliphatic heterocycles. The summed E-state index contributed by atoms with van der Waals surface area (Å²) in [7, 11) is 1.16. The summed E-state index contributed by atoms with van der Waals surface area (Å²) >= 11 is 0. The minimum atomic E-state index is -0.850. The van der Waals surface area contributed by atoms with E-state index in [0.29, 0.717) is 11.4 Å². The molecule has 2 heterocycles. The van der Waals surface area contributed by atoms with Gasteiger partial charge in [-0.2, -0.15) is 10.2 Å². The normalized spacial score (nSPS) is 11.1. The van der Waals surface area contributed by atoms with E-state index >= 15 is 0 Å². The second-order valence-electron chi connectivity index (χ2n) is 6.10. The SMILES string of the molecule is COC(=O)C(C#N)=Cc1c(Oc2ccc(C)cc2)nc2c(C)cccn2c1=O. The van der Waals surface area contributed by atoms with Gasteiger partial charge in [0.05, 0.1) is 7.11 Å². The van der Waals surface area contributed by atoms with Gasteiger partial charge in [0.2, 0.25) is 5.88 Å². The number of rotatable bonds is 4. The van der Waals surface area contributed by atoms with Gasteiger partial charge in [-0.15, -0.1) is 0 Å². The lowest BCUT2D eigenvalue weighted by Gasteiger charge is -2.11. The fraction of sp³-hybridized carbons (Fsp3) is 0.143. The van der Waals surface area contributed by atoms with Crippen LogP contribution in [-0.2, 0) is 9.53 Å². The number of fused-ring (bicyclic) bond motifs is 1. The number of hydrogen-bond acceptors (Lipinski definition) is 6. The standard InChI is InChI=1S/C21H17N3O4/c1-13-6-8-16(9-7-13)28-19-17(11-15(12-22)21(26)27-3)20(25)24-10-4-5-14(2)18(24)23-19/h4-11H,1-3H3. The molecule has 2 aromatic heterocycles. The van der Waals surface area contributed by atoms with Crippen LogP contribution in [0, 0.1) is 25.2 Å². The van der Waals surface area contributed by atoms with Crippen molar-refractivity contribution in [1.82, 2.24) is 9.38 Å². The van der Waals surface area contributed by atoms with Gasteiger partial charge in [-0.25, -0.2) is 4.79 Å². The van der Waals surface area contributed by atoms with Gasteiger partial charge < -0.3 is 9.47 Å². The Balaban J connectivity index is 2.27. The van der Waals surface area contributed by atoms with Crippen molar-refractivity contribution >= 4 is 17.7 Å². The number of hydrogen-bond donors (Lipinski definition) is 0. The third-order valence-electron chi connectivity index (χ3n) is 4.10. The summed E-state index contributed by atoms with van der Waals surface area (Å²) in [4.78, 5) is 29.3. The Bertz CT molecular complexity index is 1190. The van der Waals surface area contributed by atoms with Crippen LogP contribution in [0.15, 0.2) is 53.0 Å². The first-order valence-corrected chi connectivity index (χ1v) is 8.41. The lowest BCUT2D eigenvalue weighted by atomic mass is 10.2. The summed E-state index contributed by atoms with van der Waals surface area (Å²) in [6.45, 7) is 3.76. The highest BCUT2D eigenvalue weighted by atomic mass is 16.5. The fourth-order valence-corrected chi connectivity index (χ4v) is 2.60. The molecule has 0 radical (unpaired) electrons. The van der Waals surface area contributed by atoms with E-state index in [-0.39, 0.29) is 17.0 Å². The summed E-state index contributed by atoms with van der Waals surface area (Å²) in [6.07, 6.45) is 2.70. The fourth-order valence-electron chi connectivity index (χ4n) is 2.60. The average molecular weight is 375 g/mol. The number of carbonyl (C=O) groups excluding carboxylic acids is 1. The molecule has 0 unspecified atom stereocenters. The van der Waals surface area contributed by atoms with Gasteiger partial charge >= 0.3 is 5.97 Å². The van der Waals surface area contributed by atoms with Crippen LogP contribution in [0.3, 0.4) is 0 Å². The van der Waals surface area contributed by atoms with Crippen LogP contribution < -0.4 is 10.3 Å². The zero-order valence-electron chi connectivity index (χ0n) is 15.6. The second-order valence-corrected chi connectivity index (χ2v) is 6.10. The molecule has 3 rings (SSSR count). The van der Waals surface area contributed by atoms with Crippen LogP contribution in [0.1, 0.15) is 16.7 Å². The van der Waals surface area contributed by atoms with Gasteiger partial charge in [0.1, 0.15) is 28.6 Å². The summed E-state index contributed by atoms with van der Waals surface area (Å²) < 4.78 is 11.8. The molecule has 0 atom stereocenters. The van der Waals surface area contributed by atoms with Crippen LogP contribution in [0.5, 0.6) is 11.6 Å². The number of aryl methyl sites for hydroxylation is 2. The third-order valence-corrected chi connectivity index (χ3v) is 4.10. The van der Waals surface area contributed by atoms with Crippen LogP contribution in [0.4, 0.5) is 0 Å². The number of ether oxygens (including phenoxy) is 2. The van der Waals surface area contributed by atoms with Crippen LogP contribution in [0.25, 0.3) is 11.7 Å². The highest BCUT2D eigenvalue weighted by molar-refractivity contribution is 5.98. The molecule has 0 spiro atoms. The molecule has 0 saturated heterocycles. The largest absolute Gasteiger partial charge is 0.465 e. The number of methoxy groups -OCH3 is 1. The molecular weight excluding hydrogens is 358 g/mol. The van der Waals surface area contributed by atoms with Crippen LogP contribution in [-0.4, -0.2) is 22.5 Å². The van der Waals surface area contributed by atoms with Gasteiger partial charge in [-0.3, -0.25) is 9.20 Å². The van der Waals surface area contributed by atoms with Crippen LogP contribution in [0.2, 0.25) is 0 Å². The van der Waals surface area contributed by atoms with Crippen molar-refractivity contribution in [2.24, 2.45) is 0 Å². The van der Waals surface area contributed by atoms with Crippen molar-refractivity contribution in [2.75, 3.05) is 7.11 Å². The Hall–Kier alpha value is -3.92.